The molecule has 0 unspecified atom stereocenters. The molecule has 1 heterocycles. The fraction of sp³-hybridized carbons (Fsp3) is 0.600. The van der Waals surface area contributed by atoms with Gasteiger partial charge >= 0.3 is 5.97 Å². The lowest BCUT2D eigenvalue weighted by Crippen LogP contribution is -2.12. The molecule has 1 rings (SSSR count). The minimum absolute atomic E-state index is 0.0725. The molecule has 0 aliphatic heterocycles. The summed E-state index contributed by atoms with van der Waals surface area (Å²) in [6, 6.07) is 0. The summed E-state index contributed by atoms with van der Waals surface area (Å²) in [7, 11) is 0. The molecule has 7 nitrogen and oxygen atoms in total. The number of ether oxygens (including phenoxy) is 1. The van der Waals surface area contributed by atoms with Gasteiger partial charge in [0.15, 0.2) is 4.34 Å². The molecule has 0 spiro atoms. The predicted molar refractivity (Wildman–Crippen MR) is 72.6 cm³/mol. The van der Waals surface area contributed by atoms with Crippen LogP contribution in [0, 0.1) is 0 Å². The van der Waals surface area contributed by atoms with Crippen molar-refractivity contribution < 1.29 is 19.4 Å². The van der Waals surface area contributed by atoms with E-state index in [2.05, 4.69) is 15.5 Å². The quantitative estimate of drug-likeness (QED) is 0.404. The number of carboxylic acid groups (broad SMARTS) is 1. The number of hydrogen-bond acceptors (Lipinski definition) is 7. The van der Waals surface area contributed by atoms with Crippen LogP contribution in [0.2, 0.25) is 0 Å². The highest BCUT2D eigenvalue weighted by Crippen LogP contribution is 2.25. The van der Waals surface area contributed by atoms with Crippen LogP contribution < -0.4 is 5.32 Å². The lowest BCUT2D eigenvalue weighted by atomic mass is 10.3. The second-order valence-corrected chi connectivity index (χ2v) is 5.60. The molecule has 0 bridgehead atoms. The molecule has 106 valence electrons. The third-order valence-electron chi connectivity index (χ3n) is 1.87. The van der Waals surface area contributed by atoms with Crippen molar-refractivity contribution in [1.29, 1.82) is 0 Å². The second kappa shape index (κ2) is 8.83. The number of carbonyl (C=O) groups excluding carboxylic acids is 1. The SMILES string of the molecule is CCOCCCC(=O)Nc1nnc(SCC(=O)O)s1. The Morgan fingerprint density at radius 2 is 2.26 bits per heavy atom. The summed E-state index contributed by atoms with van der Waals surface area (Å²) in [4.78, 5) is 21.9. The number of anilines is 1. The Kier molecular flexibility index (Phi) is 7.38. The fourth-order valence-corrected chi connectivity index (χ4v) is 2.59. The number of carboxylic acids is 1. The largest absolute Gasteiger partial charge is 0.481 e. The van der Waals surface area contributed by atoms with Crippen LogP contribution in [-0.2, 0) is 14.3 Å². The molecule has 0 fully saturated rings. The minimum Gasteiger partial charge on any atom is -0.481 e. The maximum atomic E-state index is 11.5. The summed E-state index contributed by atoms with van der Waals surface area (Å²) in [5, 5.41) is 19.1. The summed E-state index contributed by atoms with van der Waals surface area (Å²) in [6.07, 6.45) is 1.01. The van der Waals surface area contributed by atoms with E-state index in [1.807, 2.05) is 6.92 Å². The van der Waals surface area contributed by atoms with Gasteiger partial charge in [0.2, 0.25) is 11.0 Å². The van der Waals surface area contributed by atoms with Gasteiger partial charge in [-0.3, -0.25) is 9.59 Å². The minimum atomic E-state index is -0.915. The molecule has 0 aliphatic rings. The first kappa shape index (κ1) is 15.9. The van der Waals surface area contributed by atoms with Crippen LogP contribution >= 0.6 is 23.1 Å². The van der Waals surface area contributed by atoms with Gasteiger partial charge in [0.25, 0.3) is 0 Å². The van der Waals surface area contributed by atoms with Crippen molar-refractivity contribution in [3.8, 4) is 0 Å². The van der Waals surface area contributed by atoms with Crippen LogP contribution in [0.1, 0.15) is 19.8 Å². The van der Waals surface area contributed by atoms with Gasteiger partial charge in [-0.2, -0.15) is 0 Å². The maximum absolute atomic E-state index is 11.5. The number of aliphatic carboxylic acids is 1. The molecule has 0 atom stereocenters. The Labute approximate surface area is 118 Å². The number of nitrogens with one attached hydrogen (secondary N) is 1. The number of aromatic nitrogens is 2. The fourth-order valence-electron chi connectivity index (χ4n) is 1.10. The lowest BCUT2D eigenvalue weighted by molar-refractivity contribution is -0.133. The molecular formula is C10H15N3O4S2. The molecule has 1 aromatic rings. The van der Waals surface area contributed by atoms with Crippen molar-refractivity contribution in [3.05, 3.63) is 0 Å². The Bertz CT molecular complexity index is 425. The molecule has 0 aliphatic carbocycles. The first-order chi connectivity index (χ1) is 9.11. The van der Waals surface area contributed by atoms with E-state index in [4.69, 9.17) is 9.84 Å². The average molecular weight is 305 g/mol. The number of thioether (sulfide) groups is 1. The van der Waals surface area contributed by atoms with Gasteiger partial charge in [-0.1, -0.05) is 23.1 Å². The highest BCUT2D eigenvalue weighted by atomic mass is 32.2. The Morgan fingerprint density at radius 3 is 2.95 bits per heavy atom. The monoisotopic (exact) mass is 305 g/mol. The van der Waals surface area contributed by atoms with Crippen LogP contribution in [0.3, 0.4) is 0 Å². The third kappa shape index (κ3) is 7.09. The van der Waals surface area contributed by atoms with Gasteiger partial charge in [0.1, 0.15) is 0 Å². The molecule has 0 aromatic carbocycles. The standard InChI is InChI=1S/C10H15N3O4S2/c1-2-17-5-3-4-7(14)11-9-12-13-10(19-9)18-6-8(15)16/h2-6H2,1H3,(H,15,16)(H,11,12,14). The van der Waals surface area contributed by atoms with Crippen molar-refractivity contribution in [1.82, 2.24) is 10.2 Å². The van der Waals surface area contributed by atoms with E-state index in [-0.39, 0.29) is 11.7 Å². The van der Waals surface area contributed by atoms with E-state index < -0.39 is 5.97 Å². The van der Waals surface area contributed by atoms with Crippen molar-refractivity contribution >= 4 is 40.1 Å². The molecular weight excluding hydrogens is 290 g/mol. The number of hydrogen-bond donors (Lipinski definition) is 2. The highest BCUT2D eigenvalue weighted by molar-refractivity contribution is 8.01. The molecule has 0 saturated heterocycles. The maximum Gasteiger partial charge on any atom is 0.313 e. The molecule has 2 N–H and O–H groups in total. The topological polar surface area (TPSA) is 101 Å². The van der Waals surface area contributed by atoms with E-state index in [1.54, 1.807) is 0 Å². The van der Waals surface area contributed by atoms with Crippen molar-refractivity contribution in [2.24, 2.45) is 0 Å². The second-order valence-electron chi connectivity index (χ2n) is 3.40. The molecule has 0 saturated carbocycles. The third-order valence-corrected chi connectivity index (χ3v) is 3.83. The van der Waals surface area contributed by atoms with Gasteiger partial charge in [-0.05, 0) is 13.3 Å². The smallest absolute Gasteiger partial charge is 0.313 e. The average Bonchev–Trinajstić information content (AvgIpc) is 2.80. The van der Waals surface area contributed by atoms with Gasteiger partial charge in [-0.15, -0.1) is 10.2 Å². The Hall–Kier alpha value is -1.19. The zero-order valence-corrected chi connectivity index (χ0v) is 12.1. The van der Waals surface area contributed by atoms with Crippen LogP contribution in [0.4, 0.5) is 5.13 Å². The van der Waals surface area contributed by atoms with E-state index in [0.717, 1.165) is 23.1 Å². The first-order valence-electron chi connectivity index (χ1n) is 5.67. The van der Waals surface area contributed by atoms with Crippen molar-refractivity contribution in [3.63, 3.8) is 0 Å². The summed E-state index contributed by atoms with van der Waals surface area (Å²) in [6.45, 7) is 3.10. The van der Waals surface area contributed by atoms with Crippen LogP contribution in [-0.4, -0.2) is 46.1 Å². The molecule has 19 heavy (non-hydrogen) atoms. The normalized spacial score (nSPS) is 10.4. The molecule has 9 heteroatoms. The summed E-state index contributed by atoms with van der Waals surface area (Å²) >= 11 is 2.24. The van der Waals surface area contributed by atoms with Gasteiger partial charge in [0, 0.05) is 19.6 Å². The summed E-state index contributed by atoms with van der Waals surface area (Å²) < 4.78 is 5.65. The van der Waals surface area contributed by atoms with Gasteiger partial charge in [-0.25, -0.2) is 0 Å². The van der Waals surface area contributed by atoms with Gasteiger partial charge < -0.3 is 15.2 Å². The molecule has 1 aromatic heterocycles. The Balaban J connectivity index is 2.28. The van der Waals surface area contributed by atoms with E-state index in [9.17, 15) is 9.59 Å². The van der Waals surface area contributed by atoms with Crippen LogP contribution in [0.25, 0.3) is 0 Å². The molecule has 1 amide bonds. The summed E-state index contributed by atoms with van der Waals surface area (Å²) in [5.41, 5.74) is 0. The van der Waals surface area contributed by atoms with Crippen molar-refractivity contribution in [2.75, 3.05) is 24.3 Å². The summed E-state index contributed by atoms with van der Waals surface area (Å²) in [5.74, 6) is -1.14. The van der Waals surface area contributed by atoms with E-state index >= 15 is 0 Å². The number of amides is 1. The predicted octanol–water partition coefficient (Wildman–Crippen LogP) is 1.47. The number of carbonyl (C=O) groups is 2. The first-order valence-corrected chi connectivity index (χ1v) is 7.47. The van der Waals surface area contributed by atoms with Crippen LogP contribution in [0.5, 0.6) is 0 Å². The highest BCUT2D eigenvalue weighted by Gasteiger charge is 2.09. The number of nitrogens with zero attached hydrogens (tertiary/aromatic N) is 2. The van der Waals surface area contributed by atoms with Crippen LogP contribution in [0.15, 0.2) is 4.34 Å². The zero-order valence-electron chi connectivity index (χ0n) is 10.4. The number of rotatable bonds is 9. The van der Waals surface area contributed by atoms with Crippen molar-refractivity contribution in [2.45, 2.75) is 24.1 Å². The molecule has 0 radical (unpaired) electrons. The van der Waals surface area contributed by atoms with E-state index in [0.29, 0.717) is 35.5 Å². The lowest BCUT2D eigenvalue weighted by Gasteiger charge is -2.01. The zero-order chi connectivity index (χ0) is 14.1. The van der Waals surface area contributed by atoms with Gasteiger partial charge in [0.05, 0.1) is 5.75 Å². The van der Waals surface area contributed by atoms with E-state index in [1.165, 1.54) is 0 Å². The Morgan fingerprint density at radius 1 is 1.47 bits per heavy atom.